The van der Waals surface area contributed by atoms with Crippen LogP contribution < -0.4 is 10.2 Å². The maximum Gasteiger partial charge on any atom is 0.258 e. The van der Waals surface area contributed by atoms with Gasteiger partial charge in [-0.2, -0.15) is 0 Å². The summed E-state index contributed by atoms with van der Waals surface area (Å²) in [6.07, 6.45) is 3.39. The number of aromatic nitrogens is 2. The quantitative estimate of drug-likeness (QED) is 0.450. The molecule has 1 aromatic carbocycles. The molecule has 0 atom stereocenters. The van der Waals surface area contributed by atoms with E-state index < -0.39 is 0 Å². The smallest absolute Gasteiger partial charge is 0.258 e. The Balaban J connectivity index is 1.46. The molecule has 1 saturated heterocycles. The fourth-order valence-corrected chi connectivity index (χ4v) is 4.29. The Labute approximate surface area is 198 Å². The molecule has 2 aromatic heterocycles. The highest BCUT2D eigenvalue weighted by molar-refractivity contribution is 8.21. The van der Waals surface area contributed by atoms with Gasteiger partial charge in [0.05, 0.1) is 10.6 Å². The molecule has 8 heteroatoms. The van der Waals surface area contributed by atoms with Gasteiger partial charge in [-0.25, -0.2) is 9.97 Å². The third-order valence-electron chi connectivity index (χ3n) is 5.71. The van der Waals surface area contributed by atoms with E-state index in [1.54, 1.807) is 31.2 Å². The lowest BCUT2D eigenvalue weighted by molar-refractivity contribution is 0.102. The molecule has 4 rings (SSSR count). The van der Waals surface area contributed by atoms with E-state index in [0.717, 1.165) is 58.3 Å². The zero-order valence-corrected chi connectivity index (χ0v) is 20.0. The Morgan fingerprint density at radius 3 is 2.48 bits per heavy atom. The number of rotatable bonds is 5. The number of fused-ring (bicyclic) bond motifs is 1. The van der Waals surface area contributed by atoms with Crippen LogP contribution in [0.2, 0.25) is 0 Å². The van der Waals surface area contributed by atoms with Crippen LogP contribution in [-0.2, 0) is 0 Å². The number of thioether (sulfide) groups is 1. The van der Waals surface area contributed by atoms with Gasteiger partial charge < -0.3 is 15.1 Å². The average Bonchev–Trinajstić information content (AvgIpc) is 2.84. The topological polar surface area (TPSA) is 73.7 Å². The lowest BCUT2D eigenvalue weighted by Gasteiger charge is -2.33. The second-order valence-corrected chi connectivity index (χ2v) is 9.34. The predicted octanol–water partition coefficient (Wildman–Crippen LogP) is 4.39. The largest absolute Gasteiger partial charge is 0.354 e. The van der Waals surface area contributed by atoms with Crippen LogP contribution in [0.4, 0.5) is 11.6 Å². The molecule has 3 heterocycles. The minimum atomic E-state index is -0.231. The standard InChI is InChI=1S/C25H28N6OS/c1-17(33-18(2)26-3)19-5-6-20-15-27-23(14-22(20)13-19)29-25(32)21-7-8-24(28-16-21)31-11-9-30(4)10-12-31/h5-8,13-16H,1,9-12H2,2-4H3,(H,27,29,32). The SMILES string of the molecule is C=C(SC(C)=NC)c1ccc2cnc(NC(=O)c3ccc(N4CCN(C)CC4)nc3)cc2c1. The molecule has 0 unspecified atom stereocenters. The zero-order valence-electron chi connectivity index (χ0n) is 19.2. The summed E-state index contributed by atoms with van der Waals surface area (Å²) in [7, 11) is 3.89. The summed E-state index contributed by atoms with van der Waals surface area (Å²) in [5.41, 5.74) is 1.52. The number of aliphatic imine (C=N–C) groups is 1. The van der Waals surface area contributed by atoms with Gasteiger partial charge in [-0.15, -0.1) is 0 Å². The summed E-state index contributed by atoms with van der Waals surface area (Å²) < 4.78 is 0. The first-order valence-electron chi connectivity index (χ1n) is 10.8. The number of nitrogens with one attached hydrogen (secondary N) is 1. The molecule has 0 radical (unpaired) electrons. The highest BCUT2D eigenvalue weighted by Crippen LogP contribution is 2.29. The molecular formula is C25H28N6OS. The zero-order chi connectivity index (χ0) is 23.4. The fourth-order valence-electron chi connectivity index (χ4n) is 3.60. The maximum absolute atomic E-state index is 12.8. The Morgan fingerprint density at radius 1 is 1.03 bits per heavy atom. The summed E-state index contributed by atoms with van der Waals surface area (Å²) in [5.74, 6) is 1.17. The van der Waals surface area contributed by atoms with Crippen LogP contribution in [-0.4, -0.2) is 66.1 Å². The number of benzene rings is 1. The summed E-state index contributed by atoms with van der Waals surface area (Å²) in [4.78, 5) is 31.3. The van der Waals surface area contributed by atoms with Crippen LogP contribution in [0, 0.1) is 0 Å². The summed E-state index contributed by atoms with van der Waals surface area (Å²) >= 11 is 1.54. The molecule has 1 N–H and O–H groups in total. The number of hydrogen-bond donors (Lipinski definition) is 1. The molecule has 0 bridgehead atoms. The monoisotopic (exact) mass is 460 g/mol. The highest BCUT2D eigenvalue weighted by Gasteiger charge is 2.16. The van der Waals surface area contributed by atoms with Crippen molar-refractivity contribution in [2.75, 3.05) is 50.5 Å². The van der Waals surface area contributed by atoms with E-state index in [1.807, 2.05) is 37.3 Å². The molecule has 1 amide bonds. The number of anilines is 2. The third kappa shape index (κ3) is 5.58. The molecule has 33 heavy (non-hydrogen) atoms. The van der Waals surface area contributed by atoms with Crippen LogP contribution in [0.1, 0.15) is 22.8 Å². The van der Waals surface area contributed by atoms with Crippen molar-refractivity contribution < 1.29 is 4.79 Å². The number of piperazine rings is 1. The van der Waals surface area contributed by atoms with E-state index in [0.29, 0.717) is 11.4 Å². The van der Waals surface area contributed by atoms with Gasteiger partial charge in [-0.1, -0.05) is 30.5 Å². The van der Waals surface area contributed by atoms with Gasteiger partial charge in [0.1, 0.15) is 11.6 Å². The minimum Gasteiger partial charge on any atom is -0.354 e. The van der Waals surface area contributed by atoms with E-state index >= 15 is 0 Å². The van der Waals surface area contributed by atoms with Gasteiger partial charge in [-0.05, 0) is 49.2 Å². The Hall–Kier alpha value is -3.23. The van der Waals surface area contributed by atoms with E-state index in [9.17, 15) is 4.79 Å². The van der Waals surface area contributed by atoms with Crippen molar-refractivity contribution in [2.45, 2.75) is 6.92 Å². The van der Waals surface area contributed by atoms with Gasteiger partial charge in [0.15, 0.2) is 0 Å². The summed E-state index contributed by atoms with van der Waals surface area (Å²) in [5, 5.41) is 5.82. The number of hydrogen-bond acceptors (Lipinski definition) is 7. The second-order valence-electron chi connectivity index (χ2n) is 8.05. The van der Waals surface area contributed by atoms with Gasteiger partial charge in [-0.3, -0.25) is 9.79 Å². The van der Waals surface area contributed by atoms with Gasteiger partial charge >= 0.3 is 0 Å². The molecule has 7 nitrogen and oxygen atoms in total. The van der Waals surface area contributed by atoms with E-state index in [4.69, 9.17) is 0 Å². The fraction of sp³-hybridized carbons (Fsp3) is 0.280. The molecule has 1 aliphatic heterocycles. The molecule has 0 saturated carbocycles. The highest BCUT2D eigenvalue weighted by atomic mass is 32.2. The van der Waals surface area contributed by atoms with Crippen molar-refractivity contribution in [1.82, 2.24) is 14.9 Å². The lowest BCUT2D eigenvalue weighted by Crippen LogP contribution is -2.44. The number of nitrogens with zero attached hydrogens (tertiary/aromatic N) is 5. The first-order valence-corrected chi connectivity index (χ1v) is 11.7. The molecular weight excluding hydrogens is 432 g/mol. The maximum atomic E-state index is 12.8. The van der Waals surface area contributed by atoms with Gasteiger partial charge in [0.2, 0.25) is 0 Å². The van der Waals surface area contributed by atoms with Crippen LogP contribution in [0.3, 0.4) is 0 Å². The normalized spacial score (nSPS) is 15.0. The molecule has 170 valence electrons. The van der Waals surface area contributed by atoms with Gasteiger partial charge in [0, 0.05) is 55.9 Å². The first kappa shape index (κ1) is 22.9. The molecule has 1 fully saturated rings. The van der Waals surface area contributed by atoms with Crippen molar-refractivity contribution in [2.24, 2.45) is 4.99 Å². The van der Waals surface area contributed by atoms with Crippen molar-refractivity contribution in [3.63, 3.8) is 0 Å². The van der Waals surface area contributed by atoms with Crippen LogP contribution >= 0.6 is 11.8 Å². The molecule has 0 aliphatic carbocycles. The van der Waals surface area contributed by atoms with Crippen molar-refractivity contribution in [1.29, 1.82) is 0 Å². The van der Waals surface area contributed by atoms with Crippen LogP contribution in [0.5, 0.6) is 0 Å². The van der Waals surface area contributed by atoms with Crippen molar-refractivity contribution in [3.8, 4) is 0 Å². The number of pyridine rings is 2. The summed E-state index contributed by atoms with van der Waals surface area (Å²) in [6, 6.07) is 11.7. The average molecular weight is 461 g/mol. The van der Waals surface area contributed by atoms with Crippen molar-refractivity contribution >= 4 is 50.0 Å². The van der Waals surface area contributed by atoms with Crippen LogP contribution in [0.15, 0.2) is 60.4 Å². The molecule has 3 aromatic rings. The summed E-state index contributed by atoms with van der Waals surface area (Å²) in [6.45, 7) is 10.0. The number of carbonyl (C=O) groups is 1. The molecule has 0 spiro atoms. The Bertz CT molecular complexity index is 1200. The predicted molar refractivity (Wildman–Crippen MR) is 139 cm³/mol. The van der Waals surface area contributed by atoms with Gasteiger partial charge in [0.25, 0.3) is 5.91 Å². The Morgan fingerprint density at radius 2 is 1.79 bits per heavy atom. The van der Waals surface area contributed by atoms with E-state index in [-0.39, 0.29) is 5.91 Å². The number of amides is 1. The third-order valence-corrected chi connectivity index (χ3v) is 6.67. The Kier molecular flexibility index (Phi) is 7.05. The lowest BCUT2D eigenvalue weighted by atomic mass is 10.1. The number of carbonyl (C=O) groups excluding carboxylic acids is 1. The number of likely N-dealkylation sites (N-methyl/N-ethyl adjacent to an activating group) is 1. The first-order chi connectivity index (χ1) is 15.9. The van der Waals surface area contributed by atoms with E-state index in [2.05, 4.69) is 49.8 Å². The van der Waals surface area contributed by atoms with Crippen LogP contribution in [0.25, 0.3) is 15.7 Å². The minimum absolute atomic E-state index is 0.231. The van der Waals surface area contributed by atoms with E-state index in [1.165, 1.54) is 0 Å². The van der Waals surface area contributed by atoms with Crippen molar-refractivity contribution in [3.05, 3.63) is 66.5 Å². The second kappa shape index (κ2) is 10.1. The molecule has 1 aliphatic rings.